The van der Waals surface area contributed by atoms with Crippen molar-refractivity contribution in [1.29, 1.82) is 0 Å². The topological polar surface area (TPSA) is 95.8 Å². The van der Waals surface area contributed by atoms with Crippen LogP contribution in [0.1, 0.15) is 12.5 Å². The number of carboxylic acids is 1. The van der Waals surface area contributed by atoms with Crippen LogP contribution in [0.3, 0.4) is 0 Å². The Hall–Kier alpha value is -2.67. The Morgan fingerprint density at radius 1 is 1.08 bits per heavy atom. The van der Waals surface area contributed by atoms with E-state index in [1.54, 1.807) is 42.5 Å². The van der Waals surface area contributed by atoms with Gasteiger partial charge in [0.05, 0.1) is 17.2 Å². The Labute approximate surface area is 140 Å². The fourth-order valence-electron chi connectivity index (χ4n) is 1.92. The minimum atomic E-state index is -3.88. The molecule has 0 aliphatic carbocycles. The molecule has 24 heavy (non-hydrogen) atoms. The van der Waals surface area contributed by atoms with E-state index in [2.05, 4.69) is 10.5 Å². The molecule has 0 heterocycles. The second-order valence-electron chi connectivity index (χ2n) is 5.19. The number of anilines is 1. The fraction of sp³-hybridized carbons (Fsp3) is 0.176. The van der Waals surface area contributed by atoms with Gasteiger partial charge in [-0.1, -0.05) is 48.5 Å². The van der Waals surface area contributed by atoms with Gasteiger partial charge in [0, 0.05) is 0 Å². The Balaban J connectivity index is 2.32. The molecule has 0 aliphatic rings. The maximum absolute atomic E-state index is 12.3. The Morgan fingerprint density at radius 3 is 2.17 bits per heavy atom. The molecule has 126 valence electrons. The summed E-state index contributed by atoms with van der Waals surface area (Å²) < 4.78 is 24.6. The number of sulfone groups is 1. The number of hydrazone groups is 1. The van der Waals surface area contributed by atoms with Crippen molar-refractivity contribution in [2.45, 2.75) is 12.2 Å². The zero-order valence-corrected chi connectivity index (χ0v) is 13.9. The fourth-order valence-corrected chi connectivity index (χ4v) is 3.09. The van der Waals surface area contributed by atoms with E-state index in [0.29, 0.717) is 11.3 Å². The minimum Gasteiger partial charge on any atom is -0.480 e. The summed E-state index contributed by atoms with van der Waals surface area (Å²) in [6, 6.07) is 17.9. The minimum absolute atomic E-state index is 0.257. The average molecular weight is 346 g/mol. The second kappa shape index (κ2) is 7.74. The van der Waals surface area contributed by atoms with Gasteiger partial charge in [0.1, 0.15) is 0 Å². The highest BCUT2D eigenvalue weighted by atomic mass is 32.2. The first-order chi connectivity index (χ1) is 11.4. The summed E-state index contributed by atoms with van der Waals surface area (Å²) in [5.74, 6) is -1.84. The van der Waals surface area contributed by atoms with Gasteiger partial charge < -0.3 is 5.11 Å². The van der Waals surface area contributed by atoms with Crippen molar-refractivity contribution < 1.29 is 18.3 Å². The second-order valence-corrected chi connectivity index (χ2v) is 7.51. The van der Waals surface area contributed by atoms with E-state index in [1.807, 2.05) is 18.2 Å². The normalized spacial score (nSPS) is 13.3. The molecule has 0 fully saturated rings. The standard InChI is InChI=1S/C17H18N2O4S/c1-13(17(20)21)24(22,23)12-16(14-8-4-2-5-9-14)19-18-15-10-6-3-7-11-15/h2-11,13,18H,12H2,1H3,(H,20,21). The van der Waals surface area contributed by atoms with E-state index < -0.39 is 26.8 Å². The summed E-state index contributed by atoms with van der Waals surface area (Å²) in [7, 11) is -3.88. The molecule has 2 rings (SSSR count). The van der Waals surface area contributed by atoms with Crippen molar-refractivity contribution >= 4 is 27.2 Å². The van der Waals surface area contributed by atoms with Gasteiger partial charge in [-0.15, -0.1) is 0 Å². The monoisotopic (exact) mass is 346 g/mol. The van der Waals surface area contributed by atoms with E-state index in [9.17, 15) is 13.2 Å². The first-order valence-electron chi connectivity index (χ1n) is 7.27. The quantitative estimate of drug-likeness (QED) is 0.593. The number of hydrogen-bond acceptors (Lipinski definition) is 5. The molecule has 0 bridgehead atoms. The largest absolute Gasteiger partial charge is 0.480 e. The molecule has 0 saturated carbocycles. The van der Waals surface area contributed by atoms with E-state index in [1.165, 1.54) is 0 Å². The van der Waals surface area contributed by atoms with E-state index in [4.69, 9.17) is 5.11 Å². The number of nitrogens with zero attached hydrogens (tertiary/aromatic N) is 1. The number of carbonyl (C=O) groups is 1. The third-order valence-electron chi connectivity index (χ3n) is 3.43. The van der Waals surface area contributed by atoms with Gasteiger partial charge in [-0.2, -0.15) is 5.10 Å². The summed E-state index contributed by atoms with van der Waals surface area (Å²) in [6.07, 6.45) is 0. The first-order valence-corrected chi connectivity index (χ1v) is 8.99. The van der Waals surface area contributed by atoms with Gasteiger partial charge in [0.2, 0.25) is 0 Å². The summed E-state index contributed by atoms with van der Waals surface area (Å²) in [5.41, 5.74) is 4.38. The van der Waals surface area contributed by atoms with Crippen molar-refractivity contribution in [3.8, 4) is 0 Å². The highest BCUT2D eigenvalue weighted by Gasteiger charge is 2.29. The van der Waals surface area contributed by atoms with Gasteiger partial charge in [0.25, 0.3) is 0 Å². The van der Waals surface area contributed by atoms with E-state index >= 15 is 0 Å². The average Bonchev–Trinajstić information content (AvgIpc) is 2.59. The van der Waals surface area contributed by atoms with Crippen LogP contribution in [0.15, 0.2) is 65.8 Å². The van der Waals surface area contributed by atoms with Crippen LogP contribution in [-0.4, -0.2) is 36.2 Å². The number of benzene rings is 2. The third kappa shape index (κ3) is 4.66. The van der Waals surface area contributed by atoms with Crippen LogP contribution in [0.25, 0.3) is 0 Å². The highest BCUT2D eigenvalue weighted by Crippen LogP contribution is 2.11. The van der Waals surface area contributed by atoms with Crippen molar-refractivity contribution in [3.05, 3.63) is 66.2 Å². The van der Waals surface area contributed by atoms with Crippen molar-refractivity contribution in [2.75, 3.05) is 11.2 Å². The number of rotatable bonds is 7. The molecule has 2 aromatic rings. The summed E-state index contributed by atoms with van der Waals surface area (Å²) in [4.78, 5) is 11.0. The van der Waals surface area contributed by atoms with E-state index in [-0.39, 0.29) is 5.71 Å². The molecule has 0 radical (unpaired) electrons. The van der Waals surface area contributed by atoms with Gasteiger partial charge in [0.15, 0.2) is 15.1 Å². The molecular formula is C17H18N2O4S. The Bertz CT molecular complexity index is 818. The molecule has 6 nitrogen and oxygen atoms in total. The van der Waals surface area contributed by atoms with Crippen LogP contribution in [0.4, 0.5) is 5.69 Å². The molecule has 0 amide bonds. The van der Waals surface area contributed by atoms with Crippen LogP contribution in [-0.2, 0) is 14.6 Å². The summed E-state index contributed by atoms with van der Waals surface area (Å²) in [6.45, 7) is 1.16. The zero-order chi connectivity index (χ0) is 17.6. The maximum Gasteiger partial charge on any atom is 0.321 e. The lowest BCUT2D eigenvalue weighted by atomic mass is 10.1. The Morgan fingerprint density at radius 2 is 1.62 bits per heavy atom. The predicted octanol–water partition coefficient (Wildman–Crippen LogP) is 2.39. The van der Waals surface area contributed by atoms with Gasteiger partial charge in [-0.3, -0.25) is 10.2 Å². The lowest BCUT2D eigenvalue weighted by Crippen LogP contribution is -2.32. The molecule has 7 heteroatoms. The third-order valence-corrected chi connectivity index (χ3v) is 5.38. The number of nitrogens with one attached hydrogen (secondary N) is 1. The van der Waals surface area contributed by atoms with Crippen LogP contribution < -0.4 is 5.43 Å². The van der Waals surface area contributed by atoms with Crippen molar-refractivity contribution in [2.24, 2.45) is 5.10 Å². The Kier molecular flexibility index (Phi) is 5.70. The van der Waals surface area contributed by atoms with Crippen molar-refractivity contribution in [1.82, 2.24) is 0 Å². The zero-order valence-electron chi connectivity index (χ0n) is 13.1. The van der Waals surface area contributed by atoms with Gasteiger partial charge in [-0.25, -0.2) is 8.42 Å². The first kappa shape index (κ1) is 17.7. The van der Waals surface area contributed by atoms with Crippen LogP contribution >= 0.6 is 0 Å². The van der Waals surface area contributed by atoms with Crippen molar-refractivity contribution in [3.63, 3.8) is 0 Å². The molecular weight excluding hydrogens is 328 g/mol. The number of hydrogen-bond donors (Lipinski definition) is 2. The smallest absolute Gasteiger partial charge is 0.321 e. The van der Waals surface area contributed by atoms with Gasteiger partial charge in [-0.05, 0) is 24.6 Å². The summed E-state index contributed by atoms with van der Waals surface area (Å²) >= 11 is 0. The lowest BCUT2D eigenvalue weighted by Gasteiger charge is -2.11. The predicted molar refractivity (Wildman–Crippen MR) is 93.9 cm³/mol. The number of aliphatic carboxylic acids is 1. The van der Waals surface area contributed by atoms with Gasteiger partial charge >= 0.3 is 5.97 Å². The molecule has 1 unspecified atom stereocenters. The van der Waals surface area contributed by atoms with Crippen LogP contribution in [0.5, 0.6) is 0 Å². The highest BCUT2D eigenvalue weighted by molar-refractivity contribution is 7.93. The molecule has 1 atom stereocenters. The maximum atomic E-state index is 12.3. The molecule has 2 N–H and O–H groups in total. The number of para-hydroxylation sites is 1. The number of carboxylic acid groups (broad SMARTS) is 1. The molecule has 0 aromatic heterocycles. The SMILES string of the molecule is CC(C(=O)O)S(=O)(=O)CC(=NNc1ccccc1)c1ccccc1. The summed E-state index contributed by atoms with van der Waals surface area (Å²) in [5, 5.41) is 11.7. The lowest BCUT2D eigenvalue weighted by molar-refractivity contribution is -0.136. The molecule has 0 aliphatic heterocycles. The molecule has 2 aromatic carbocycles. The van der Waals surface area contributed by atoms with Crippen LogP contribution in [0, 0.1) is 0 Å². The van der Waals surface area contributed by atoms with Crippen LogP contribution in [0.2, 0.25) is 0 Å². The molecule has 0 saturated heterocycles. The molecule has 0 spiro atoms. The van der Waals surface area contributed by atoms with E-state index in [0.717, 1.165) is 6.92 Å².